The number of nitro groups is 1. The van der Waals surface area contributed by atoms with Crippen molar-refractivity contribution in [2.24, 2.45) is 4.99 Å². The molecule has 0 saturated heterocycles. The molecule has 0 amide bonds. The van der Waals surface area contributed by atoms with Crippen LogP contribution in [-0.2, 0) is 9.53 Å². The van der Waals surface area contributed by atoms with Crippen molar-refractivity contribution in [2.45, 2.75) is 13.0 Å². The van der Waals surface area contributed by atoms with Gasteiger partial charge in [-0.1, -0.05) is 41.7 Å². The number of methoxy groups -OCH3 is 3. The average Bonchev–Trinajstić information content (AvgIpc) is 3.16. The van der Waals surface area contributed by atoms with E-state index in [9.17, 15) is 19.7 Å². The fraction of sp³-hybridized carbons (Fsp3) is 0.208. The molecular formula is C24H21N3O7S. The van der Waals surface area contributed by atoms with Gasteiger partial charge in [-0.05, 0) is 24.6 Å². The number of nitrogens with zero attached hydrogens (tertiary/aromatic N) is 3. The highest BCUT2D eigenvalue weighted by molar-refractivity contribution is 7.07. The molecule has 0 spiro atoms. The first kappa shape index (κ1) is 23.9. The molecule has 35 heavy (non-hydrogen) atoms. The Morgan fingerprint density at radius 2 is 1.80 bits per heavy atom. The Hall–Kier alpha value is -4.25. The number of fused-ring (bicyclic) bond motifs is 1. The third-order valence-corrected chi connectivity index (χ3v) is 6.54. The quantitative estimate of drug-likeness (QED) is 0.292. The number of carbonyl (C=O) groups excluding carboxylic acids is 1. The van der Waals surface area contributed by atoms with Crippen LogP contribution in [0.5, 0.6) is 11.5 Å². The minimum Gasteiger partial charge on any atom is -0.493 e. The lowest BCUT2D eigenvalue weighted by atomic mass is 9.96. The molecule has 2 aromatic carbocycles. The van der Waals surface area contributed by atoms with Gasteiger partial charge in [0.25, 0.3) is 11.2 Å². The van der Waals surface area contributed by atoms with E-state index in [0.29, 0.717) is 16.1 Å². The maximum atomic E-state index is 13.6. The van der Waals surface area contributed by atoms with E-state index < -0.39 is 22.5 Å². The minimum absolute atomic E-state index is 0.165. The number of allylic oxidation sites excluding steroid dienone is 1. The standard InChI is InChI=1S/C24H21N3O7S/c1-13-20(23(29)34-4)21(14-8-6-5-7-9-14)26-22(28)19(35-24(26)25-13)11-15-10-17(32-2)18(33-3)12-16(15)27(30)31/h5-12,21H,1-4H3. The van der Waals surface area contributed by atoms with Gasteiger partial charge in [-0.2, -0.15) is 0 Å². The van der Waals surface area contributed by atoms with Crippen LogP contribution in [0.25, 0.3) is 6.08 Å². The van der Waals surface area contributed by atoms with Crippen LogP contribution in [-0.4, -0.2) is 36.8 Å². The third kappa shape index (κ3) is 4.21. The molecule has 10 nitrogen and oxygen atoms in total. The summed E-state index contributed by atoms with van der Waals surface area (Å²) in [5.41, 5.74) is 0.843. The lowest BCUT2D eigenvalue weighted by Gasteiger charge is -2.24. The first-order valence-electron chi connectivity index (χ1n) is 10.4. The van der Waals surface area contributed by atoms with Crippen LogP contribution in [0.15, 0.2) is 63.5 Å². The lowest BCUT2D eigenvalue weighted by Crippen LogP contribution is -2.39. The number of benzene rings is 2. The van der Waals surface area contributed by atoms with E-state index in [4.69, 9.17) is 14.2 Å². The van der Waals surface area contributed by atoms with Crippen molar-refractivity contribution in [3.8, 4) is 11.5 Å². The largest absolute Gasteiger partial charge is 0.493 e. The maximum Gasteiger partial charge on any atom is 0.338 e. The van der Waals surface area contributed by atoms with Gasteiger partial charge in [0.1, 0.15) is 0 Å². The summed E-state index contributed by atoms with van der Waals surface area (Å²) in [4.78, 5) is 42.3. The molecule has 3 aromatic rings. The molecule has 1 aliphatic heterocycles. The van der Waals surface area contributed by atoms with Gasteiger partial charge in [0.2, 0.25) is 0 Å². The Kier molecular flexibility index (Phi) is 6.52. The van der Waals surface area contributed by atoms with E-state index in [-0.39, 0.29) is 32.9 Å². The van der Waals surface area contributed by atoms with Crippen molar-refractivity contribution in [3.05, 3.63) is 94.7 Å². The normalized spacial score (nSPS) is 15.3. The Labute approximate surface area is 203 Å². The second-order valence-corrected chi connectivity index (χ2v) is 8.52. The van der Waals surface area contributed by atoms with Gasteiger partial charge in [-0.3, -0.25) is 19.5 Å². The number of hydrogen-bond acceptors (Lipinski definition) is 9. The molecule has 0 N–H and O–H groups in total. The minimum atomic E-state index is -0.762. The molecular weight excluding hydrogens is 474 g/mol. The van der Waals surface area contributed by atoms with Crippen molar-refractivity contribution in [1.29, 1.82) is 0 Å². The predicted molar refractivity (Wildman–Crippen MR) is 128 cm³/mol. The van der Waals surface area contributed by atoms with Crippen LogP contribution < -0.4 is 24.4 Å². The highest BCUT2D eigenvalue weighted by Gasteiger charge is 2.33. The molecule has 1 unspecified atom stereocenters. The predicted octanol–water partition coefficient (Wildman–Crippen LogP) is 2.33. The SMILES string of the molecule is COC(=O)C1=C(C)N=c2sc(=Cc3cc(OC)c(OC)cc3[N+](=O)[O-])c(=O)n2C1c1ccccc1. The van der Waals surface area contributed by atoms with Crippen LogP contribution in [0.1, 0.15) is 24.1 Å². The Morgan fingerprint density at radius 3 is 2.40 bits per heavy atom. The molecule has 180 valence electrons. The zero-order valence-corrected chi connectivity index (χ0v) is 20.1. The van der Waals surface area contributed by atoms with Crippen molar-refractivity contribution in [2.75, 3.05) is 21.3 Å². The number of ether oxygens (including phenoxy) is 3. The summed E-state index contributed by atoms with van der Waals surface area (Å²) in [6, 6.07) is 11.0. The number of carbonyl (C=O) groups is 1. The molecule has 0 radical (unpaired) electrons. The van der Waals surface area contributed by atoms with Crippen molar-refractivity contribution in [3.63, 3.8) is 0 Å². The number of rotatable bonds is 6. The summed E-state index contributed by atoms with van der Waals surface area (Å²) < 4.78 is 17.1. The van der Waals surface area contributed by atoms with Crippen molar-refractivity contribution >= 4 is 29.1 Å². The summed E-state index contributed by atoms with van der Waals surface area (Å²) >= 11 is 1.07. The van der Waals surface area contributed by atoms with E-state index in [1.165, 1.54) is 44.1 Å². The highest BCUT2D eigenvalue weighted by atomic mass is 32.1. The van der Waals surface area contributed by atoms with Crippen LogP contribution >= 0.6 is 11.3 Å². The van der Waals surface area contributed by atoms with Gasteiger partial charge in [0, 0.05) is 0 Å². The van der Waals surface area contributed by atoms with E-state index in [1.807, 2.05) is 30.3 Å². The Balaban J connectivity index is 2.00. The zero-order chi connectivity index (χ0) is 25.3. The van der Waals surface area contributed by atoms with E-state index in [1.54, 1.807) is 6.92 Å². The van der Waals surface area contributed by atoms with Crippen LogP contribution in [0, 0.1) is 10.1 Å². The highest BCUT2D eigenvalue weighted by Crippen LogP contribution is 2.35. The summed E-state index contributed by atoms with van der Waals surface area (Å²) in [7, 11) is 4.06. The van der Waals surface area contributed by atoms with Gasteiger partial charge in [0.15, 0.2) is 16.3 Å². The Bertz CT molecular complexity index is 1540. The second kappa shape index (κ2) is 9.55. The molecule has 1 aliphatic rings. The molecule has 2 heterocycles. The fourth-order valence-electron chi connectivity index (χ4n) is 3.94. The molecule has 0 fully saturated rings. The average molecular weight is 496 g/mol. The molecule has 4 rings (SSSR count). The summed E-state index contributed by atoms with van der Waals surface area (Å²) in [5, 5.41) is 11.7. The van der Waals surface area contributed by atoms with Crippen molar-refractivity contribution < 1.29 is 23.9 Å². The maximum absolute atomic E-state index is 13.6. The monoisotopic (exact) mass is 495 g/mol. The van der Waals surface area contributed by atoms with E-state index in [2.05, 4.69) is 4.99 Å². The first-order chi connectivity index (χ1) is 16.8. The second-order valence-electron chi connectivity index (χ2n) is 7.51. The van der Waals surface area contributed by atoms with Crippen LogP contribution in [0.4, 0.5) is 5.69 Å². The topological polar surface area (TPSA) is 122 Å². The van der Waals surface area contributed by atoms with Crippen molar-refractivity contribution in [1.82, 2.24) is 4.57 Å². The summed E-state index contributed by atoms with van der Waals surface area (Å²) in [5.74, 6) is -0.117. The van der Waals surface area contributed by atoms with Gasteiger partial charge in [-0.15, -0.1) is 0 Å². The lowest BCUT2D eigenvalue weighted by molar-refractivity contribution is -0.385. The van der Waals surface area contributed by atoms with Gasteiger partial charge in [0.05, 0.1) is 59.7 Å². The molecule has 0 bridgehead atoms. The van der Waals surface area contributed by atoms with E-state index in [0.717, 1.165) is 11.3 Å². The third-order valence-electron chi connectivity index (χ3n) is 5.56. The zero-order valence-electron chi connectivity index (χ0n) is 19.3. The van der Waals surface area contributed by atoms with Gasteiger partial charge in [-0.25, -0.2) is 9.79 Å². The van der Waals surface area contributed by atoms with E-state index >= 15 is 0 Å². The molecule has 0 aliphatic carbocycles. The number of esters is 1. The Morgan fingerprint density at radius 1 is 1.14 bits per heavy atom. The first-order valence-corrected chi connectivity index (χ1v) is 11.2. The summed E-state index contributed by atoms with van der Waals surface area (Å²) in [6.45, 7) is 1.68. The molecule has 1 aromatic heterocycles. The fourth-order valence-corrected chi connectivity index (χ4v) is 4.98. The number of aromatic nitrogens is 1. The number of thiazole rings is 1. The number of hydrogen-bond donors (Lipinski definition) is 0. The van der Waals surface area contributed by atoms with Gasteiger partial charge < -0.3 is 14.2 Å². The number of nitro benzene ring substituents is 1. The van der Waals surface area contributed by atoms with Gasteiger partial charge >= 0.3 is 5.97 Å². The smallest absolute Gasteiger partial charge is 0.338 e. The van der Waals surface area contributed by atoms with Crippen LogP contribution in [0.3, 0.4) is 0 Å². The van der Waals surface area contributed by atoms with Crippen LogP contribution in [0.2, 0.25) is 0 Å². The molecule has 0 saturated carbocycles. The molecule has 1 atom stereocenters. The summed E-state index contributed by atoms with van der Waals surface area (Å²) in [6.07, 6.45) is 1.42. The molecule has 11 heteroatoms.